The number of aromatic nitrogens is 4. The lowest BCUT2D eigenvalue weighted by molar-refractivity contribution is -0.131. The van der Waals surface area contributed by atoms with Crippen LogP contribution in [0.2, 0.25) is 0 Å². The molecule has 0 aliphatic rings. The molecule has 0 saturated heterocycles. The SMILES string of the molecule is CCCCCN(Cc1ccc(F)cc1)C(=O)CCSc1nnnn1C. The highest BCUT2D eigenvalue weighted by Gasteiger charge is 2.14. The molecule has 0 aliphatic carbocycles. The number of nitrogens with zero attached hydrogens (tertiary/aromatic N) is 5. The first kappa shape index (κ1) is 19.4. The number of aryl methyl sites for hydroxylation is 1. The molecule has 0 unspecified atom stereocenters. The lowest BCUT2D eigenvalue weighted by atomic mass is 10.2. The zero-order chi connectivity index (χ0) is 18.1. The van der Waals surface area contributed by atoms with Gasteiger partial charge in [-0.1, -0.05) is 43.7 Å². The highest BCUT2D eigenvalue weighted by molar-refractivity contribution is 7.99. The van der Waals surface area contributed by atoms with Gasteiger partial charge in [0.15, 0.2) is 0 Å². The van der Waals surface area contributed by atoms with Crippen LogP contribution in [0.25, 0.3) is 0 Å². The van der Waals surface area contributed by atoms with Crippen molar-refractivity contribution in [3.63, 3.8) is 0 Å². The van der Waals surface area contributed by atoms with E-state index >= 15 is 0 Å². The topological polar surface area (TPSA) is 63.9 Å². The average Bonchev–Trinajstić information content (AvgIpc) is 3.01. The first-order chi connectivity index (χ1) is 12.1. The van der Waals surface area contributed by atoms with Crippen molar-refractivity contribution < 1.29 is 9.18 Å². The van der Waals surface area contributed by atoms with E-state index in [0.717, 1.165) is 31.4 Å². The Kier molecular flexibility index (Phi) is 7.84. The van der Waals surface area contributed by atoms with Crippen LogP contribution < -0.4 is 0 Å². The molecule has 1 heterocycles. The Bertz CT molecular complexity index is 661. The van der Waals surface area contributed by atoms with Crippen molar-refractivity contribution in [2.45, 2.75) is 44.3 Å². The lowest BCUT2D eigenvalue weighted by Gasteiger charge is -2.23. The van der Waals surface area contributed by atoms with E-state index < -0.39 is 0 Å². The van der Waals surface area contributed by atoms with Gasteiger partial charge in [-0.3, -0.25) is 4.79 Å². The summed E-state index contributed by atoms with van der Waals surface area (Å²) in [5.41, 5.74) is 0.941. The largest absolute Gasteiger partial charge is 0.338 e. The number of rotatable bonds is 10. The summed E-state index contributed by atoms with van der Waals surface area (Å²) in [6, 6.07) is 6.33. The third-order valence-electron chi connectivity index (χ3n) is 3.80. The van der Waals surface area contributed by atoms with Gasteiger partial charge in [0.2, 0.25) is 11.1 Å². The van der Waals surface area contributed by atoms with Gasteiger partial charge in [0.1, 0.15) is 5.82 Å². The lowest BCUT2D eigenvalue weighted by Crippen LogP contribution is -2.31. The summed E-state index contributed by atoms with van der Waals surface area (Å²) in [6.45, 7) is 3.37. The first-order valence-electron chi connectivity index (χ1n) is 8.47. The Balaban J connectivity index is 1.89. The van der Waals surface area contributed by atoms with Crippen molar-refractivity contribution in [3.8, 4) is 0 Å². The fourth-order valence-corrected chi connectivity index (χ4v) is 3.16. The van der Waals surface area contributed by atoms with Crippen molar-refractivity contribution in [2.24, 2.45) is 7.05 Å². The van der Waals surface area contributed by atoms with Gasteiger partial charge in [-0.25, -0.2) is 9.07 Å². The number of carbonyl (C=O) groups is 1. The van der Waals surface area contributed by atoms with Crippen LogP contribution in [0.5, 0.6) is 0 Å². The second-order valence-corrected chi connectivity index (χ2v) is 6.89. The fraction of sp³-hybridized carbons (Fsp3) is 0.529. The quantitative estimate of drug-likeness (QED) is 0.478. The van der Waals surface area contributed by atoms with Gasteiger partial charge in [0, 0.05) is 32.3 Å². The van der Waals surface area contributed by atoms with E-state index in [1.54, 1.807) is 23.9 Å². The molecule has 1 aromatic heterocycles. The molecular weight excluding hydrogens is 341 g/mol. The van der Waals surface area contributed by atoms with E-state index in [-0.39, 0.29) is 11.7 Å². The standard InChI is InChI=1S/C17H24FN5OS/c1-3-4-5-11-23(13-14-6-8-15(18)9-7-14)16(24)10-12-25-17-19-20-21-22(17)2/h6-9H,3-5,10-13H2,1-2H3. The van der Waals surface area contributed by atoms with Crippen LogP contribution in [-0.4, -0.2) is 43.3 Å². The molecule has 0 spiro atoms. The maximum Gasteiger partial charge on any atom is 0.223 e. The predicted octanol–water partition coefficient (Wildman–Crippen LogP) is 3.05. The van der Waals surface area contributed by atoms with E-state index in [9.17, 15) is 9.18 Å². The molecule has 1 amide bonds. The fourth-order valence-electron chi connectivity index (χ4n) is 2.39. The number of benzene rings is 1. The molecule has 0 fully saturated rings. The van der Waals surface area contributed by atoms with E-state index in [0.29, 0.717) is 23.9 Å². The third kappa shape index (κ3) is 6.45. The second-order valence-electron chi connectivity index (χ2n) is 5.83. The van der Waals surface area contributed by atoms with Crippen molar-refractivity contribution >= 4 is 17.7 Å². The van der Waals surface area contributed by atoms with Gasteiger partial charge in [-0.05, 0) is 34.5 Å². The van der Waals surface area contributed by atoms with Crippen LogP contribution in [-0.2, 0) is 18.4 Å². The molecule has 136 valence electrons. The Hall–Kier alpha value is -1.96. The smallest absolute Gasteiger partial charge is 0.223 e. The monoisotopic (exact) mass is 365 g/mol. The van der Waals surface area contributed by atoms with Crippen LogP contribution in [0.4, 0.5) is 4.39 Å². The number of carbonyl (C=O) groups excluding carboxylic acids is 1. The first-order valence-corrected chi connectivity index (χ1v) is 9.46. The van der Waals surface area contributed by atoms with Gasteiger partial charge in [0.25, 0.3) is 0 Å². The molecule has 0 saturated carbocycles. The predicted molar refractivity (Wildman–Crippen MR) is 95.5 cm³/mol. The molecule has 0 aliphatic heterocycles. The molecule has 6 nitrogen and oxygen atoms in total. The highest BCUT2D eigenvalue weighted by atomic mass is 32.2. The number of amides is 1. The Morgan fingerprint density at radius 2 is 2.04 bits per heavy atom. The van der Waals surface area contributed by atoms with Gasteiger partial charge >= 0.3 is 0 Å². The van der Waals surface area contributed by atoms with E-state index in [4.69, 9.17) is 0 Å². The summed E-state index contributed by atoms with van der Waals surface area (Å²) >= 11 is 1.47. The summed E-state index contributed by atoms with van der Waals surface area (Å²) in [5.74, 6) is 0.463. The van der Waals surface area contributed by atoms with Crippen molar-refractivity contribution in [3.05, 3.63) is 35.6 Å². The number of hydrogen-bond acceptors (Lipinski definition) is 5. The summed E-state index contributed by atoms with van der Waals surface area (Å²) in [6.07, 6.45) is 3.59. The number of halogens is 1. The maximum atomic E-state index is 13.1. The summed E-state index contributed by atoms with van der Waals surface area (Å²) in [5, 5.41) is 12.0. The van der Waals surface area contributed by atoms with Gasteiger partial charge in [0.05, 0.1) is 0 Å². The Morgan fingerprint density at radius 3 is 2.68 bits per heavy atom. The average molecular weight is 365 g/mol. The summed E-state index contributed by atoms with van der Waals surface area (Å²) in [7, 11) is 1.77. The minimum atomic E-state index is -0.263. The van der Waals surface area contributed by atoms with Crippen LogP contribution in [0, 0.1) is 5.82 Å². The zero-order valence-electron chi connectivity index (χ0n) is 14.7. The summed E-state index contributed by atoms with van der Waals surface area (Å²) in [4.78, 5) is 14.5. The normalized spacial score (nSPS) is 10.8. The number of hydrogen-bond donors (Lipinski definition) is 0. The molecule has 2 rings (SSSR count). The van der Waals surface area contributed by atoms with E-state index in [1.807, 2.05) is 4.90 Å². The highest BCUT2D eigenvalue weighted by Crippen LogP contribution is 2.16. The van der Waals surface area contributed by atoms with Crippen LogP contribution in [0.1, 0.15) is 38.2 Å². The third-order valence-corrected chi connectivity index (χ3v) is 4.81. The van der Waals surface area contributed by atoms with Crippen molar-refractivity contribution in [2.75, 3.05) is 12.3 Å². The molecule has 2 aromatic rings. The van der Waals surface area contributed by atoms with Gasteiger partial charge in [-0.2, -0.15) is 0 Å². The molecule has 0 atom stereocenters. The van der Waals surface area contributed by atoms with E-state index in [1.165, 1.54) is 23.9 Å². The van der Waals surface area contributed by atoms with Crippen LogP contribution in [0.15, 0.2) is 29.4 Å². The number of thioether (sulfide) groups is 1. The molecule has 1 aromatic carbocycles. The molecule has 25 heavy (non-hydrogen) atoms. The van der Waals surface area contributed by atoms with Crippen LogP contribution >= 0.6 is 11.8 Å². The molecule has 0 radical (unpaired) electrons. The second kappa shape index (κ2) is 10.1. The maximum absolute atomic E-state index is 13.1. The minimum Gasteiger partial charge on any atom is -0.338 e. The number of unbranched alkanes of at least 4 members (excludes halogenated alkanes) is 2. The minimum absolute atomic E-state index is 0.100. The molecule has 8 heteroatoms. The molecular formula is C17H24FN5OS. The van der Waals surface area contributed by atoms with E-state index in [2.05, 4.69) is 22.4 Å². The Labute approximate surface area is 151 Å². The summed E-state index contributed by atoms with van der Waals surface area (Å²) < 4.78 is 14.7. The van der Waals surface area contributed by atoms with Crippen molar-refractivity contribution in [1.82, 2.24) is 25.1 Å². The molecule has 0 bridgehead atoms. The van der Waals surface area contributed by atoms with Gasteiger partial charge < -0.3 is 4.90 Å². The number of tetrazole rings is 1. The van der Waals surface area contributed by atoms with Crippen LogP contribution in [0.3, 0.4) is 0 Å². The van der Waals surface area contributed by atoms with Gasteiger partial charge in [-0.15, -0.1) is 5.10 Å². The van der Waals surface area contributed by atoms with Crippen molar-refractivity contribution in [1.29, 1.82) is 0 Å². The zero-order valence-corrected chi connectivity index (χ0v) is 15.5. The molecule has 0 N–H and O–H groups in total. The Morgan fingerprint density at radius 1 is 1.28 bits per heavy atom.